The van der Waals surface area contributed by atoms with Gasteiger partial charge in [0.2, 0.25) is 5.91 Å². The summed E-state index contributed by atoms with van der Waals surface area (Å²) in [5.74, 6) is 1.95. The number of rotatable bonds is 8. The fourth-order valence-corrected chi connectivity index (χ4v) is 3.30. The van der Waals surface area contributed by atoms with E-state index in [4.69, 9.17) is 0 Å². The highest BCUT2D eigenvalue weighted by atomic mass is 35.5. The highest BCUT2D eigenvalue weighted by molar-refractivity contribution is 5.85. The van der Waals surface area contributed by atoms with Crippen molar-refractivity contribution in [2.24, 2.45) is 17.8 Å². The van der Waals surface area contributed by atoms with Crippen molar-refractivity contribution in [1.29, 1.82) is 0 Å². The topological polar surface area (TPSA) is 44.4 Å². The predicted octanol–water partition coefficient (Wildman–Crippen LogP) is 2.95. The molecule has 0 aliphatic carbocycles. The van der Waals surface area contributed by atoms with Gasteiger partial charge in [-0.25, -0.2) is 0 Å². The van der Waals surface area contributed by atoms with Crippen molar-refractivity contribution in [3.8, 4) is 0 Å². The molecule has 1 aliphatic heterocycles. The summed E-state index contributed by atoms with van der Waals surface area (Å²) in [5.41, 5.74) is 0. The molecule has 1 rings (SSSR count). The van der Waals surface area contributed by atoms with Gasteiger partial charge < -0.3 is 15.5 Å². The molecule has 6 heteroatoms. The Kier molecular flexibility index (Phi) is 14.6. The fourth-order valence-electron chi connectivity index (χ4n) is 3.30. The predicted molar refractivity (Wildman–Crippen MR) is 104 cm³/mol. The largest absolute Gasteiger partial charge is 0.352 e. The molecule has 23 heavy (non-hydrogen) atoms. The van der Waals surface area contributed by atoms with Gasteiger partial charge in [0.05, 0.1) is 0 Å². The van der Waals surface area contributed by atoms with Gasteiger partial charge in [-0.1, -0.05) is 20.8 Å². The molecule has 0 aromatic rings. The third-order valence-electron chi connectivity index (χ3n) is 4.35. The number of carbonyl (C=O) groups excluding carboxylic acids is 1. The van der Waals surface area contributed by atoms with Crippen molar-refractivity contribution in [1.82, 2.24) is 15.5 Å². The van der Waals surface area contributed by atoms with Crippen molar-refractivity contribution in [2.75, 3.05) is 33.7 Å². The van der Waals surface area contributed by atoms with Crippen LogP contribution in [0, 0.1) is 17.8 Å². The molecule has 0 aromatic carbocycles. The molecule has 0 saturated carbocycles. The van der Waals surface area contributed by atoms with Crippen LogP contribution in [0.4, 0.5) is 0 Å². The van der Waals surface area contributed by atoms with E-state index in [1.807, 2.05) is 0 Å². The minimum Gasteiger partial charge on any atom is -0.352 e. The van der Waals surface area contributed by atoms with Crippen molar-refractivity contribution in [3.05, 3.63) is 0 Å². The average molecular weight is 370 g/mol. The number of hydrogen-bond donors (Lipinski definition) is 2. The van der Waals surface area contributed by atoms with Gasteiger partial charge in [-0.15, -0.1) is 24.8 Å². The van der Waals surface area contributed by atoms with E-state index in [2.05, 4.69) is 50.4 Å². The molecule has 140 valence electrons. The second kappa shape index (κ2) is 13.3. The van der Waals surface area contributed by atoms with Gasteiger partial charge in [-0.05, 0) is 64.2 Å². The monoisotopic (exact) mass is 369 g/mol. The summed E-state index contributed by atoms with van der Waals surface area (Å²) in [6, 6.07) is 0.268. The standard InChI is InChI=1S/C17H35N3O.2ClH/c1-13(2)9-16(12-20(4)5)19-17(21)10-14(3)15-7-6-8-18-11-15;;/h13-16,18H,6-12H2,1-5H3,(H,19,21);2*1H. The summed E-state index contributed by atoms with van der Waals surface area (Å²) in [7, 11) is 4.13. The summed E-state index contributed by atoms with van der Waals surface area (Å²) >= 11 is 0. The molecule has 3 atom stereocenters. The molecular formula is C17H37Cl2N3O. The minimum absolute atomic E-state index is 0. The van der Waals surface area contributed by atoms with Crippen LogP contribution in [-0.4, -0.2) is 50.6 Å². The number of carbonyl (C=O) groups is 1. The lowest BCUT2D eigenvalue weighted by molar-refractivity contribution is -0.123. The summed E-state index contributed by atoms with van der Waals surface area (Å²) in [4.78, 5) is 14.5. The molecule has 3 unspecified atom stereocenters. The first-order chi connectivity index (χ1) is 9.88. The van der Waals surface area contributed by atoms with Crippen LogP contribution in [0.1, 0.15) is 46.5 Å². The van der Waals surface area contributed by atoms with Crippen LogP contribution in [0.15, 0.2) is 0 Å². The molecule has 1 fully saturated rings. The van der Waals surface area contributed by atoms with E-state index in [0.717, 1.165) is 26.1 Å². The van der Waals surface area contributed by atoms with E-state index in [1.54, 1.807) is 0 Å². The van der Waals surface area contributed by atoms with Gasteiger partial charge in [-0.2, -0.15) is 0 Å². The lowest BCUT2D eigenvalue weighted by atomic mass is 9.85. The molecule has 4 nitrogen and oxygen atoms in total. The Labute approximate surface area is 155 Å². The first-order valence-corrected chi connectivity index (χ1v) is 8.53. The maximum absolute atomic E-state index is 12.3. The van der Waals surface area contributed by atoms with Crippen LogP contribution in [0.5, 0.6) is 0 Å². The molecule has 0 spiro atoms. The summed E-state index contributed by atoms with van der Waals surface area (Å²) in [5, 5.41) is 6.69. The van der Waals surface area contributed by atoms with E-state index < -0.39 is 0 Å². The molecule has 0 bridgehead atoms. The highest BCUT2D eigenvalue weighted by Crippen LogP contribution is 2.22. The van der Waals surface area contributed by atoms with Crippen LogP contribution >= 0.6 is 24.8 Å². The third kappa shape index (κ3) is 11.2. The van der Waals surface area contributed by atoms with E-state index in [9.17, 15) is 4.79 Å². The minimum atomic E-state index is 0. The first-order valence-electron chi connectivity index (χ1n) is 8.53. The first kappa shape index (κ1) is 25.2. The Bertz CT molecular complexity index is 298. The smallest absolute Gasteiger partial charge is 0.220 e. The van der Waals surface area contributed by atoms with E-state index in [-0.39, 0.29) is 36.8 Å². The molecule has 1 heterocycles. The number of nitrogens with zero attached hydrogens (tertiary/aromatic N) is 1. The Morgan fingerprint density at radius 3 is 2.39 bits per heavy atom. The highest BCUT2D eigenvalue weighted by Gasteiger charge is 2.23. The van der Waals surface area contributed by atoms with Crippen LogP contribution < -0.4 is 10.6 Å². The zero-order chi connectivity index (χ0) is 15.8. The Balaban J connectivity index is 0. The van der Waals surface area contributed by atoms with Gasteiger partial charge in [-0.3, -0.25) is 4.79 Å². The average Bonchev–Trinajstić information content (AvgIpc) is 2.37. The van der Waals surface area contributed by atoms with E-state index in [0.29, 0.717) is 24.2 Å². The van der Waals surface area contributed by atoms with Crippen LogP contribution in [0.25, 0.3) is 0 Å². The van der Waals surface area contributed by atoms with E-state index >= 15 is 0 Å². The number of piperidine rings is 1. The number of nitrogens with one attached hydrogen (secondary N) is 2. The molecule has 0 aromatic heterocycles. The lowest BCUT2D eigenvalue weighted by Gasteiger charge is -2.29. The quantitative estimate of drug-likeness (QED) is 0.691. The second-order valence-corrected chi connectivity index (χ2v) is 7.44. The zero-order valence-electron chi connectivity index (χ0n) is 15.4. The molecular weight excluding hydrogens is 333 g/mol. The summed E-state index contributed by atoms with van der Waals surface area (Å²) in [6.07, 6.45) is 4.21. The summed E-state index contributed by atoms with van der Waals surface area (Å²) in [6.45, 7) is 9.77. The van der Waals surface area contributed by atoms with Crippen molar-refractivity contribution in [3.63, 3.8) is 0 Å². The molecule has 0 radical (unpaired) electrons. The van der Waals surface area contributed by atoms with Crippen LogP contribution in [-0.2, 0) is 4.79 Å². The molecule has 1 amide bonds. The maximum Gasteiger partial charge on any atom is 0.220 e. The second-order valence-electron chi connectivity index (χ2n) is 7.44. The summed E-state index contributed by atoms with van der Waals surface area (Å²) < 4.78 is 0. The lowest BCUT2D eigenvalue weighted by Crippen LogP contribution is -2.43. The van der Waals surface area contributed by atoms with Gasteiger partial charge in [0, 0.05) is 19.0 Å². The normalized spacial score (nSPS) is 20.4. The number of amides is 1. The Morgan fingerprint density at radius 1 is 1.26 bits per heavy atom. The van der Waals surface area contributed by atoms with Crippen LogP contribution in [0.2, 0.25) is 0 Å². The zero-order valence-corrected chi connectivity index (χ0v) is 17.1. The van der Waals surface area contributed by atoms with Crippen LogP contribution in [0.3, 0.4) is 0 Å². The fraction of sp³-hybridized carbons (Fsp3) is 0.941. The van der Waals surface area contributed by atoms with Crippen molar-refractivity contribution < 1.29 is 4.79 Å². The maximum atomic E-state index is 12.3. The molecule has 1 aliphatic rings. The van der Waals surface area contributed by atoms with Gasteiger partial charge in [0.25, 0.3) is 0 Å². The third-order valence-corrected chi connectivity index (χ3v) is 4.35. The SMILES string of the molecule is CC(C)CC(CN(C)C)NC(=O)CC(C)C1CCCNC1.Cl.Cl. The molecule has 1 saturated heterocycles. The van der Waals surface area contributed by atoms with Gasteiger partial charge >= 0.3 is 0 Å². The molecule has 2 N–H and O–H groups in total. The van der Waals surface area contributed by atoms with Gasteiger partial charge in [0.1, 0.15) is 0 Å². The van der Waals surface area contributed by atoms with Gasteiger partial charge in [0.15, 0.2) is 0 Å². The number of likely N-dealkylation sites (N-methyl/N-ethyl adjacent to an activating group) is 1. The van der Waals surface area contributed by atoms with Crippen molar-refractivity contribution in [2.45, 2.75) is 52.5 Å². The van der Waals surface area contributed by atoms with E-state index in [1.165, 1.54) is 12.8 Å². The number of hydrogen-bond acceptors (Lipinski definition) is 3. The Morgan fingerprint density at radius 2 is 1.91 bits per heavy atom. The van der Waals surface area contributed by atoms with Crippen molar-refractivity contribution >= 4 is 30.7 Å². The Hall–Kier alpha value is -0.0300. The number of halogens is 2.